The second kappa shape index (κ2) is 5.95. The number of halogens is 1. The van der Waals surface area contributed by atoms with Crippen LogP contribution in [0.5, 0.6) is 0 Å². The van der Waals surface area contributed by atoms with Gasteiger partial charge < -0.3 is 10.6 Å². The minimum absolute atomic E-state index is 0.173. The average Bonchev–Trinajstić information content (AvgIpc) is 2.11. The first-order valence-electron chi connectivity index (χ1n) is 6.42. The van der Waals surface area contributed by atoms with E-state index in [0.29, 0.717) is 0 Å². The lowest BCUT2D eigenvalue weighted by Crippen LogP contribution is -2.47. The molecular weight excluding hydrogens is 304 g/mol. The monoisotopic (exact) mass is 326 g/mol. The SMILES string of the molecule is CC(C)(C)CC(C)(C)NC(=O)Nc1cccc(Br)c1. The molecule has 0 saturated heterocycles. The van der Waals surface area contributed by atoms with E-state index in [1.54, 1.807) is 0 Å². The number of benzene rings is 1. The lowest BCUT2D eigenvalue weighted by Gasteiger charge is -2.33. The van der Waals surface area contributed by atoms with E-state index in [2.05, 4.69) is 47.3 Å². The number of urea groups is 1. The zero-order valence-corrected chi connectivity index (χ0v) is 13.9. The third-order valence-corrected chi connectivity index (χ3v) is 3.00. The van der Waals surface area contributed by atoms with Crippen LogP contribution in [-0.4, -0.2) is 11.6 Å². The topological polar surface area (TPSA) is 41.1 Å². The van der Waals surface area contributed by atoms with Crippen molar-refractivity contribution < 1.29 is 4.79 Å². The van der Waals surface area contributed by atoms with Gasteiger partial charge in [-0.2, -0.15) is 0 Å². The molecule has 0 aliphatic heterocycles. The Labute approximate surface area is 124 Å². The molecule has 19 heavy (non-hydrogen) atoms. The molecule has 0 atom stereocenters. The number of amides is 2. The molecule has 0 aliphatic carbocycles. The second-order valence-electron chi connectivity index (χ2n) is 6.71. The summed E-state index contributed by atoms with van der Waals surface area (Å²) in [5, 5.41) is 5.86. The quantitative estimate of drug-likeness (QED) is 0.824. The first-order valence-corrected chi connectivity index (χ1v) is 7.21. The molecule has 106 valence electrons. The molecule has 1 aromatic carbocycles. The van der Waals surface area contributed by atoms with E-state index in [9.17, 15) is 4.79 Å². The highest BCUT2D eigenvalue weighted by Crippen LogP contribution is 2.26. The third kappa shape index (κ3) is 6.62. The highest BCUT2D eigenvalue weighted by atomic mass is 79.9. The molecule has 2 amide bonds. The summed E-state index contributed by atoms with van der Waals surface area (Å²) in [6, 6.07) is 7.37. The van der Waals surface area contributed by atoms with Gasteiger partial charge in [-0.05, 0) is 43.9 Å². The number of rotatable bonds is 3. The predicted molar refractivity (Wildman–Crippen MR) is 84.4 cm³/mol. The van der Waals surface area contributed by atoms with Crippen molar-refractivity contribution in [2.45, 2.75) is 46.6 Å². The van der Waals surface area contributed by atoms with Gasteiger partial charge in [0.15, 0.2) is 0 Å². The standard InChI is InChI=1S/C15H23BrN2O/c1-14(2,3)10-15(4,5)18-13(19)17-12-8-6-7-11(16)9-12/h6-9H,10H2,1-5H3,(H2,17,18,19). The maximum atomic E-state index is 12.0. The normalized spacial score (nSPS) is 12.1. The summed E-state index contributed by atoms with van der Waals surface area (Å²) in [5.74, 6) is 0. The minimum atomic E-state index is -0.242. The number of carbonyl (C=O) groups excluding carboxylic acids is 1. The van der Waals surface area contributed by atoms with E-state index >= 15 is 0 Å². The van der Waals surface area contributed by atoms with Gasteiger partial charge in [0.1, 0.15) is 0 Å². The summed E-state index contributed by atoms with van der Waals surface area (Å²) < 4.78 is 0.944. The van der Waals surface area contributed by atoms with Gasteiger partial charge in [-0.1, -0.05) is 42.8 Å². The summed E-state index contributed by atoms with van der Waals surface area (Å²) in [5.41, 5.74) is 0.708. The summed E-state index contributed by atoms with van der Waals surface area (Å²) >= 11 is 3.38. The van der Waals surface area contributed by atoms with E-state index in [1.807, 2.05) is 38.1 Å². The number of hydrogen-bond acceptors (Lipinski definition) is 1. The zero-order chi connectivity index (χ0) is 14.7. The Kier molecular flexibility index (Phi) is 5.02. The van der Waals surface area contributed by atoms with Gasteiger partial charge >= 0.3 is 6.03 Å². The largest absolute Gasteiger partial charge is 0.333 e. The van der Waals surface area contributed by atoms with Crippen LogP contribution in [-0.2, 0) is 0 Å². The van der Waals surface area contributed by atoms with Crippen molar-refractivity contribution in [1.82, 2.24) is 5.32 Å². The van der Waals surface area contributed by atoms with E-state index in [4.69, 9.17) is 0 Å². The molecule has 1 rings (SSSR count). The van der Waals surface area contributed by atoms with Gasteiger partial charge in [0.25, 0.3) is 0 Å². The van der Waals surface area contributed by atoms with Crippen molar-refractivity contribution in [2.75, 3.05) is 5.32 Å². The Bertz CT molecular complexity index is 450. The van der Waals surface area contributed by atoms with Crippen LogP contribution in [0.15, 0.2) is 28.7 Å². The average molecular weight is 327 g/mol. The van der Waals surface area contributed by atoms with Crippen molar-refractivity contribution in [1.29, 1.82) is 0 Å². The van der Waals surface area contributed by atoms with E-state index in [0.717, 1.165) is 16.6 Å². The number of hydrogen-bond donors (Lipinski definition) is 2. The molecule has 2 N–H and O–H groups in total. The molecule has 4 heteroatoms. The summed E-state index contributed by atoms with van der Waals surface area (Å²) in [6.07, 6.45) is 0.909. The Balaban J connectivity index is 2.60. The maximum Gasteiger partial charge on any atom is 0.319 e. The molecule has 3 nitrogen and oxygen atoms in total. The van der Waals surface area contributed by atoms with Gasteiger partial charge in [0.2, 0.25) is 0 Å². The van der Waals surface area contributed by atoms with Crippen molar-refractivity contribution in [3.8, 4) is 0 Å². The van der Waals surface area contributed by atoms with Crippen molar-refractivity contribution in [3.63, 3.8) is 0 Å². The maximum absolute atomic E-state index is 12.0. The van der Waals surface area contributed by atoms with E-state index < -0.39 is 0 Å². The fourth-order valence-electron chi connectivity index (χ4n) is 2.41. The van der Waals surface area contributed by atoms with Gasteiger partial charge in [-0.3, -0.25) is 0 Å². The van der Waals surface area contributed by atoms with Crippen molar-refractivity contribution in [2.24, 2.45) is 5.41 Å². The van der Waals surface area contributed by atoms with Crippen LogP contribution in [0, 0.1) is 5.41 Å². The highest BCUT2D eigenvalue weighted by molar-refractivity contribution is 9.10. The molecule has 0 unspecified atom stereocenters. The molecule has 0 radical (unpaired) electrons. The van der Waals surface area contributed by atoms with Crippen LogP contribution >= 0.6 is 15.9 Å². The van der Waals surface area contributed by atoms with Crippen molar-refractivity contribution >= 4 is 27.6 Å². The van der Waals surface area contributed by atoms with Crippen LogP contribution in [0.4, 0.5) is 10.5 Å². The summed E-state index contributed by atoms with van der Waals surface area (Å²) in [7, 11) is 0. The van der Waals surface area contributed by atoms with Crippen LogP contribution < -0.4 is 10.6 Å². The molecule has 0 bridgehead atoms. The Morgan fingerprint density at radius 3 is 2.37 bits per heavy atom. The van der Waals surface area contributed by atoms with Crippen molar-refractivity contribution in [3.05, 3.63) is 28.7 Å². The van der Waals surface area contributed by atoms with Gasteiger partial charge in [0.05, 0.1) is 0 Å². The molecule has 1 aromatic rings. The second-order valence-corrected chi connectivity index (χ2v) is 7.63. The molecule has 0 saturated carbocycles. The zero-order valence-electron chi connectivity index (χ0n) is 12.3. The van der Waals surface area contributed by atoms with Crippen LogP contribution in [0.1, 0.15) is 41.0 Å². The fraction of sp³-hybridized carbons (Fsp3) is 0.533. The molecule has 0 aliphatic rings. The van der Waals surface area contributed by atoms with Gasteiger partial charge in [-0.15, -0.1) is 0 Å². The smallest absolute Gasteiger partial charge is 0.319 e. The number of carbonyl (C=O) groups is 1. The minimum Gasteiger partial charge on any atom is -0.333 e. The number of anilines is 1. The molecule has 0 aromatic heterocycles. The predicted octanol–water partition coefficient (Wildman–Crippen LogP) is 4.79. The van der Waals surface area contributed by atoms with Crippen LogP contribution in [0.3, 0.4) is 0 Å². The molecule has 0 spiro atoms. The first kappa shape index (κ1) is 16.0. The summed E-state index contributed by atoms with van der Waals surface area (Å²) in [4.78, 5) is 12.0. The Hall–Kier alpha value is -1.03. The fourth-order valence-corrected chi connectivity index (χ4v) is 2.81. The highest BCUT2D eigenvalue weighted by Gasteiger charge is 2.26. The van der Waals surface area contributed by atoms with Gasteiger partial charge in [-0.25, -0.2) is 4.79 Å². The lowest BCUT2D eigenvalue weighted by molar-refractivity contribution is 0.220. The Morgan fingerprint density at radius 1 is 1.21 bits per heavy atom. The van der Waals surface area contributed by atoms with E-state index in [1.165, 1.54) is 0 Å². The molecule has 0 heterocycles. The third-order valence-electron chi connectivity index (χ3n) is 2.51. The van der Waals surface area contributed by atoms with Crippen LogP contribution in [0.25, 0.3) is 0 Å². The lowest BCUT2D eigenvalue weighted by atomic mass is 9.82. The van der Waals surface area contributed by atoms with E-state index in [-0.39, 0.29) is 17.0 Å². The first-order chi connectivity index (χ1) is 8.57. The van der Waals surface area contributed by atoms with Crippen LogP contribution in [0.2, 0.25) is 0 Å². The number of nitrogens with one attached hydrogen (secondary N) is 2. The molecule has 0 fully saturated rings. The Morgan fingerprint density at radius 2 is 1.84 bits per heavy atom. The molecular formula is C15H23BrN2O. The van der Waals surface area contributed by atoms with Gasteiger partial charge in [0, 0.05) is 15.7 Å². The summed E-state index contributed by atoms with van der Waals surface area (Å²) in [6.45, 7) is 10.6.